The van der Waals surface area contributed by atoms with Crippen molar-refractivity contribution in [1.29, 1.82) is 0 Å². The maximum atomic E-state index is 5.08. The van der Waals surface area contributed by atoms with Crippen molar-refractivity contribution in [3.63, 3.8) is 0 Å². The first-order valence-electron chi connectivity index (χ1n) is 16.9. The van der Waals surface area contributed by atoms with Crippen molar-refractivity contribution in [2.24, 2.45) is 5.92 Å². The predicted molar refractivity (Wildman–Crippen MR) is 205 cm³/mol. The molecule has 4 heteroatoms. The van der Waals surface area contributed by atoms with Crippen LogP contribution in [0.25, 0.3) is 65.5 Å². The van der Waals surface area contributed by atoms with E-state index in [1.807, 2.05) is 47.7 Å². The number of aromatic nitrogens is 3. The van der Waals surface area contributed by atoms with E-state index in [0.717, 1.165) is 29.5 Å². The largest absolute Gasteiger partial charge is 0.208 e. The lowest BCUT2D eigenvalue weighted by molar-refractivity contribution is 0.751. The van der Waals surface area contributed by atoms with Gasteiger partial charge < -0.3 is 0 Å². The number of hydrogen-bond donors (Lipinski definition) is 0. The lowest BCUT2D eigenvalue weighted by Gasteiger charge is -2.21. The number of rotatable bonds is 6. The normalized spacial score (nSPS) is 17.1. The van der Waals surface area contributed by atoms with Gasteiger partial charge in [-0.2, -0.15) is 0 Å². The van der Waals surface area contributed by atoms with Crippen molar-refractivity contribution in [3.8, 4) is 45.3 Å². The molecule has 2 heterocycles. The molecule has 0 radical (unpaired) electrons. The molecule has 0 amide bonds. The molecule has 0 saturated heterocycles. The summed E-state index contributed by atoms with van der Waals surface area (Å²) in [5, 5.41) is 2.41. The molecule has 7 aromatic rings. The lowest BCUT2D eigenvalue weighted by atomic mass is 9.83. The first-order chi connectivity index (χ1) is 24.3. The SMILES string of the molecule is C1=CCC(C2=CCC(c3cccc(-c4ccc5sc6cccc(-c7nc(-c8ccccc8)nc(-c8ccccc8)n7)c6c5c4)c3)C=C2)C=C1. The molecule has 2 unspecified atom stereocenters. The summed E-state index contributed by atoms with van der Waals surface area (Å²) in [6.45, 7) is 0. The summed E-state index contributed by atoms with van der Waals surface area (Å²) in [7, 11) is 0. The van der Waals surface area contributed by atoms with Gasteiger partial charge in [-0.15, -0.1) is 11.3 Å². The minimum Gasteiger partial charge on any atom is -0.208 e. The van der Waals surface area contributed by atoms with Crippen LogP contribution in [0.1, 0.15) is 24.3 Å². The Labute approximate surface area is 290 Å². The highest BCUT2D eigenvalue weighted by Gasteiger charge is 2.19. The Bertz CT molecular complexity index is 2390. The van der Waals surface area contributed by atoms with Gasteiger partial charge in [-0.1, -0.05) is 146 Å². The maximum absolute atomic E-state index is 5.08. The maximum Gasteiger partial charge on any atom is 0.164 e. The van der Waals surface area contributed by atoms with Crippen LogP contribution in [0.3, 0.4) is 0 Å². The fourth-order valence-electron chi connectivity index (χ4n) is 7.06. The number of hydrogen-bond acceptors (Lipinski definition) is 4. The topological polar surface area (TPSA) is 38.7 Å². The van der Waals surface area contributed by atoms with Crippen molar-refractivity contribution in [1.82, 2.24) is 15.0 Å². The zero-order chi connectivity index (χ0) is 32.6. The molecule has 2 aromatic heterocycles. The van der Waals surface area contributed by atoms with Gasteiger partial charge in [0.15, 0.2) is 17.5 Å². The van der Waals surface area contributed by atoms with Gasteiger partial charge in [-0.3, -0.25) is 0 Å². The van der Waals surface area contributed by atoms with Crippen LogP contribution in [0.15, 0.2) is 169 Å². The third kappa shape index (κ3) is 5.75. The minimum absolute atomic E-state index is 0.380. The Kier molecular flexibility index (Phi) is 7.64. The molecule has 2 aliphatic rings. The van der Waals surface area contributed by atoms with E-state index in [-0.39, 0.29) is 0 Å². The van der Waals surface area contributed by atoms with E-state index in [4.69, 9.17) is 15.0 Å². The molecule has 0 N–H and O–H groups in total. The second kappa shape index (κ2) is 12.7. The van der Waals surface area contributed by atoms with Gasteiger partial charge in [-0.05, 0) is 53.3 Å². The van der Waals surface area contributed by atoms with Crippen LogP contribution >= 0.6 is 11.3 Å². The fraction of sp³-hybridized carbons (Fsp3) is 0.0889. The molecule has 2 aliphatic carbocycles. The summed E-state index contributed by atoms with van der Waals surface area (Å²) in [6.07, 6.45) is 18.2. The summed E-state index contributed by atoms with van der Waals surface area (Å²) < 4.78 is 2.47. The van der Waals surface area contributed by atoms with Crippen LogP contribution < -0.4 is 0 Å². The molecule has 0 fully saturated rings. The van der Waals surface area contributed by atoms with Crippen LogP contribution in [0.5, 0.6) is 0 Å². The number of benzene rings is 5. The van der Waals surface area contributed by atoms with Crippen LogP contribution in [-0.4, -0.2) is 15.0 Å². The van der Waals surface area contributed by atoms with E-state index in [1.54, 1.807) is 0 Å². The quantitative estimate of drug-likeness (QED) is 0.180. The second-order valence-electron chi connectivity index (χ2n) is 12.7. The van der Waals surface area contributed by atoms with Crippen LogP contribution in [0.4, 0.5) is 0 Å². The van der Waals surface area contributed by atoms with Crippen LogP contribution in [0.2, 0.25) is 0 Å². The van der Waals surface area contributed by atoms with Gasteiger partial charge in [-0.25, -0.2) is 15.0 Å². The van der Waals surface area contributed by atoms with Gasteiger partial charge in [0.05, 0.1) is 0 Å². The Balaban J connectivity index is 1.11. The highest BCUT2D eigenvalue weighted by molar-refractivity contribution is 7.26. The second-order valence-corrected chi connectivity index (χ2v) is 13.8. The van der Waals surface area contributed by atoms with Gasteiger partial charge in [0.25, 0.3) is 0 Å². The molecule has 9 rings (SSSR count). The molecule has 0 saturated carbocycles. The Morgan fingerprint density at radius 3 is 1.96 bits per heavy atom. The average molecular weight is 648 g/mol. The van der Waals surface area contributed by atoms with E-state index in [1.165, 1.54) is 42.4 Å². The van der Waals surface area contributed by atoms with E-state index in [2.05, 4.69) is 127 Å². The van der Waals surface area contributed by atoms with Crippen molar-refractivity contribution in [2.75, 3.05) is 0 Å². The molecule has 5 aromatic carbocycles. The summed E-state index contributed by atoms with van der Waals surface area (Å²) in [5.41, 5.74) is 8.19. The average Bonchev–Trinajstić information content (AvgIpc) is 3.57. The Hall–Kier alpha value is -5.71. The number of allylic oxidation sites excluding steroid dienone is 8. The van der Waals surface area contributed by atoms with Crippen molar-refractivity contribution in [2.45, 2.75) is 18.8 Å². The van der Waals surface area contributed by atoms with E-state index < -0.39 is 0 Å². The van der Waals surface area contributed by atoms with Crippen molar-refractivity contribution < 1.29 is 0 Å². The fourth-order valence-corrected chi connectivity index (χ4v) is 8.17. The summed E-state index contributed by atoms with van der Waals surface area (Å²) in [4.78, 5) is 15.1. The Morgan fingerprint density at radius 2 is 1.24 bits per heavy atom. The van der Waals surface area contributed by atoms with Crippen LogP contribution in [-0.2, 0) is 0 Å². The minimum atomic E-state index is 0.380. The van der Waals surface area contributed by atoms with Crippen LogP contribution in [0, 0.1) is 5.92 Å². The van der Waals surface area contributed by atoms with E-state index in [9.17, 15) is 0 Å². The summed E-state index contributed by atoms with van der Waals surface area (Å²) in [5.74, 6) is 2.90. The molecule has 0 bridgehead atoms. The Morgan fingerprint density at radius 1 is 0.531 bits per heavy atom. The molecule has 0 spiro atoms. The summed E-state index contributed by atoms with van der Waals surface area (Å²) in [6, 6.07) is 42.8. The van der Waals surface area contributed by atoms with Gasteiger partial charge in [0.1, 0.15) is 0 Å². The number of thiophene rings is 1. The highest BCUT2D eigenvalue weighted by Crippen LogP contribution is 2.42. The smallest absolute Gasteiger partial charge is 0.164 e. The van der Waals surface area contributed by atoms with Gasteiger partial charge >= 0.3 is 0 Å². The number of nitrogens with zero attached hydrogens (tertiary/aromatic N) is 3. The molecule has 234 valence electrons. The zero-order valence-electron chi connectivity index (χ0n) is 26.9. The highest BCUT2D eigenvalue weighted by atomic mass is 32.1. The zero-order valence-corrected chi connectivity index (χ0v) is 27.7. The molecule has 49 heavy (non-hydrogen) atoms. The summed E-state index contributed by atoms with van der Waals surface area (Å²) >= 11 is 1.82. The third-order valence-corrected chi connectivity index (χ3v) is 10.8. The molecule has 3 nitrogen and oxygen atoms in total. The monoisotopic (exact) mass is 647 g/mol. The van der Waals surface area contributed by atoms with E-state index >= 15 is 0 Å². The lowest BCUT2D eigenvalue weighted by Crippen LogP contribution is -2.05. The third-order valence-electron chi connectivity index (χ3n) is 9.62. The predicted octanol–water partition coefficient (Wildman–Crippen LogP) is 12.0. The van der Waals surface area contributed by atoms with Crippen molar-refractivity contribution in [3.05, 3.63) is 175 Å². The molecular formula is C45H33N3S. The number of fused-ring (bicyclic) bond motifs is 3. The molecule has 0 aliphatic heterocycles. The standard InChI is InChI=1S/C45H33N3S/c1-4-12-30(13-5-1)31-22-24-32(25-23-31)35-18-10-19-36(28-35)37-26-27-40-39(29-37)42-38(20-11-21-41(42)49-40)45-47-43(33-14-6-2-7-15-33)46-44(48-45)34-16-8-3-9-17-34/h1-12,14-24,26-30,32H,13,25H2. The molecular weight excluding hydrogens is 615 g/mol. The van der Waals surface area contributed by atoms with Gasteiger partial charge in [0, 0.05) is 48.7 Å². The van der Waals surface area contributed by atoms with Gasteiger partial charge in [0.2, 0.25) is 0 Å². The van der Waals surface area contributed by atoms with Crippen molar-refractivity contribution >= 4 is 31.5 Å². The van der Waals surface area contributed by atoms with E-state index in [0.29, 0.717) is 29.3 Å². The first-order valence-corrected chi connectivity index (χ1v) is 17.7. The first kappa shape index (κ1) is 29.4. The molecule has 2 atom stereocenters.